The number of amides is 1. The molecule has 1 amide bonds. The zero-order valence-corrected chi connectivity index (χ0v) is 18.0. The number of hydrogen-bond donors (Lipinski definition) is 2. The molecule has 1 aromatic carbocycles. The van der Waals surface area contributed by atoms with Crippen LogP contribution in [0.1, 0.15) is 38.2 Å². The van der Waals surface area contributed by atoms with E-state index in [0.717, 1.165) is 25.3 Å². The summed E-state index contributed by atoms with van der Waals surface area (Å²) in [6.45, 7) is 2.41. The van der Waals surface area contributed by atoms with Crippen LogP contribution >= 0.6 is 23.4 Å². The molecule has 0 saturated carbocycles. The lowest BCUT2D eigenvalue weighted by Gasteiger charge is -2.19. The van der Waals surface area contributed by atoms with Gasteiger partial charge in [-0.1, -0.05) is 31.4 Å². The molecule has 0 aliphatic heterocycles. The van der Waals surface area contributed by atoms with Gasteiger partial charge in [-0.05, 0) is 43.0 Å². The van der Waals surface area contributed by atoms with Crippen LogP contribution in [0.4, 0.5) is 13.2 Å². The van der Waals surface area contributed by atoms with Crippen LogP contribution < -0.4 is 10.0 Å². The van der Waals surface area contributed by atoms with Gasteiger partial charge in [-0.15, -0.1) is 0 Å². The fourth-order valence-electron chi connectivity index (χ4n) is 2.33. The molecule has 0 aromatic heterocycles. The number of halogens is 4. The number of sulfonamides is 1. The average molecular weight is 461 g/mol. The van der Waals surface area contributed by atoms with E-state index in [1.165, 1.54) is 11.8 Å². The summed E-state index contributed by atoms with van der Waals surface area (Å²) in [5, 5.41) is 2.31. The van der Waals surface area contributed by atoms with Crippen molar-refractivity contribution in [2.75, 3.05) is 18.6 Å². The minimum Gasteiger partial charge on any atom is -0.355 e. The molecule has 160 valence electrons. The minimum atomic E-state index is -4.72. The smallest absolute Gasteiger partial charge is 0.355 e. The predicted molar refractivity (Wildman–Crippen MR) is 106 cm³/mol. The Morgan fingerprint density at radius 3 is 2.54 bits per heavy atom. The third-order valence-corrected chi connectivity index (χ3v) is 6.45. The SMILES string of the molecule is CCCCCNC(=O)C(CCSC)NS(=O)(=O)c1cc(C(F)(F)F)ccc1Cl. The maximum atomic E-state index is 12.9. The van der Waals surface area contributed by atoms with Crippen LogP contribution in [0, 0.1) is 0 Å². The maximum absolute atomic E-state index is 12.9. The highest BCUT2D eigenvalue weighted by atomic mass is 35.5. The third-order valence-electron chi connectivity index (χ3n) is 3.85. The van der Waals surface area contributed by atoms with Gasteiger partial charge < -0.3 is 5.32 Å². The molecule has 1 aromatic rings. The Balaban J connectivity index is 3.04. The lowest BCUT2D eigenvalue weighted by Crippen LogP contribution is -2.47. The predicted octanol–water partition coefficient (Wildman–Crippen LogP) is 4.07. The molecule has 11 heteroatoms. The van der Waals surface area contributed by atoms with Gasteiger partial charge in [0.1, 0.15) is 10.9 Å². The second kappa shape index (κ2) is 11.3. The van der Waals surface area contributed by atoms with Crippen LogP contribution in [0.25, 0.3) is 0 Å². The minimum absolute atomic E-state index is 0.191. The molecule has 0 aliphatic carbocycles. The average Bonchev–Trinajstić information content (AvgIpc) is 2.61. The molecule has 0 heterocycles. The van der Waals surface area contributed by atoms with Crippen LogP contribution in [-0.4, -0.2) is 38.9 Å². The summed E-state index contributed by atoms with van der Waals surface area (Å²) in [4.78, 5) is 11.7. The fraction of sp³-hybridized carbons (Fsp3) is 0.588. The zero-order valence-electron chi connectivity index (χ0n) is 15.6. The molecule has 0 fully saturated rings. The number of alkyl halides is 3. The van der Waals surface area contributed by atoms with Gasteiger partial charge >= 0.3 is 6.18 Å². The van der Waals surface area contributed by atoms with Crippen molar-refractivity contribution in [1.29, 1.82) is 0 Å². The van der Waals surface area contributed by atoms with Gasteiger partial charge in [0.05, 0.1) is 10.6 Å². The van der Waals surface area contributed by atoms with Crippen molar-refractivity contribution in [3.05, 3.63) is 28.8 Å². The van der Waals surface area contributed by atoms with Crippen LogP contribution in [0.3, 0.4) is 0 Å². The zero-order chi connectivity index (χ0) is 21.4. The largest absolute Gasteiger partial charge is 0.416 e. The number of hydrogen-bond acceptors (Lipinski definition) is 4. The van der Waals surface area contributed by atoms with Gasteiger partial charge in [0.25, 0.3) is 0 Å². The Labute approximate surface area is 172 Å². The lowest BCUT2D eigenvalue weighted by molar-refractivity contribution is -0.137. The van der Waals surface area contributed by atoms with Gasteiger partial charge in [-0.25, -0.2) is 8.42 Å². The van der Waals surface area contributed by atoms with Crippen LogP contribution in [0.2, 0.25) is 5.02 Å². The van der Waals surface area contributed by atoms with Crippen LogP contribution in [-0.2, 0) is 21.0 Å². The van der Waals surface area contributed by atoms with Gasteiger partial charge in [0, 0.05) is 6.54 Å². The number of carbonyl (C=O) groups excluding carboxylic acids is 1. The molecule has 1 unspecified atom stereocenters. The van der Waals surface area contributed by atoms with E-state index in [9.17, 15) is 26.4 Å². The van der Waals surface area contributed by atoms with Gasteiger partial charge in [0.15, 0.2) is 0 Å². The number of thioether (sulfide) groups is 1. The van der Waals surface area contributed by atoms with Gasteiger partial charge in [0.2, 0.25) is 15.9 Å². The first kappa shape index (κ1) is 25.1. The van der Waals surface area contributed by atoms with E-state index in [1.54, 1.807) is 6.26 Å². The molecular weight excluding hydrogens is 437 g/mol. The first-order valence-corrected chi connectivity index (χ1v) is 11.9. The first-order valence-electron chi connectivity index (χ1n) is 8.68. The lowest BCUT2D eigenvalue weighted by atomic mass is 10.2. The summed E-state index contributed by atoms with van der Waals surface area (Å²) < 4.78 is 66.2. The molecule has 0 aliphatic rings. The number of benzene rings is 1. The van der Waals surface area contributed by atoms with Crippen molar-refractivity contribution in [2.24, 2.45) is 0 Å². The highest BCUT2D eigenvalue weighted by molar-refractivity contribution is 7.98. The highest BCUT2D eigenvalue weighted by Gasteiger charge is 2.34. The normalized spacial score (nSPS) is 13.4. The van der Waals surface area contributed by atoms with Gasteiger partial charge in [-0.2, -0.15) is 29.7 Å². The molecule has 28 heavy (non-hydrogen) atoms. The first-order chi connectivity index (χ1) is 13.0. The van der Waals surface area contributed by atoms with E-state index in [4.69, 9.17) is 11.6 Å². The van der Waals surface area contributed by atoms with Crippen molar-refractivity contribution in [3.8, 4) is 0 Å². The molecule has 1 atom stereocenters. The molecule has 0 bridgehead atoms. The Morgan fingerprint density at radius 2 is 1.96 bits per heavy atom. The Morgan fingerprint density at radius 1 is 1.29 bits per heavy atom. The third kappa shape index (κ3) is 7.81. The monoisotopic (exact) mass is 460 g/mol. The highest BCUT2D eigenvalue weighted by Crippen LogP contribution is 2.33. The summed E-state index contributed by atoms with van der Waals surface area (Å²) in [5.41, 5.74) is -1.14. The van der Waals surface area contributed by atoms with Crippen molar-refractivity contribution >= 4 is 39.3 Å². The maximum Gasteiger partial charge on any atom is 0.416 e. The second-order valence-corrected chi connectivity index (χ2v) is 9.17. The van der Waals surface area contributed by atoms with E-state index in [0.29, 0.717) is 24.4 Å². The van der Waals surface area contributed by atoms with Crippen molar-refractivity contribution in [1.82, 2.24) is 10.0 Å². The summed E-state index contributed by atoms with van der Waals surface area (Å²) >= 11 is 7.25. The van der Waals surface area contributed by atoms with E-state index >= 15 is 0 Å². The number of rotatable bonds is 11. The molecule has 0 spiro atoms. The molecule has 5 nitrogen and oxygen atoms in total. The molecular formula is C17H24ClF3N2O3S2. The molecule has 2 N–H and O–H groups in total. The molecule has 0 radical (unpaired) electrons. The Hall–Kier alpha value is -0.970. The summed E-state index contributed by atoms with van der Waals surface area (Å²) in [5.74, 6) is -0.0249. The van der Waals surface area contributed by atoms with Crippen LogP contribution in [0.5, 0.6) is 0 Å². The van der Waals surface area contributed by atoms with E-state index < -0.39 is 38.6 Å². The summed E-state index contributed by atoms with van der Waals surface area (Å²) in [6, 6.07) is 0.938. The van der Waals surface area contributed by atoms with Crippen LogP contribution in [0.15, 0.2) is 23.1 Å². The fourth-order valence-corrected chi connectivity index (χ4v) is 4.55. The standard InChI is InChI=1S/C17H24ClF3N2O3S2/c1-3-4-5-9-22-16(24)14(8-10-27-2)23-28(25,26)15-11-12(17(19,20)21)6-7-13(15)18/h6-7,11,14,23H,3-5,8-10H2,1-2H3,(H,22,24). The molecule has 1 rings (SSSR count). The second-order valence-electron chi connectivity index (χ2n) is 6.10. The van der Waals surface area contributed by atoms with Crippen molar-refractivity contribution in [2.45, 2.75) is 49.7 Å². The van der Waals surface area contributed by atoms with E-state index in [2.05, 4.69) is 10.0 Å². The topological polar surface area (TPSA) is 75.3 Å². The van der Waals surface area contributed by atoms with Crippen molar-refractivity contribution < 1.29 is 26.4 Å². The number of carbonyl (C=O) groups is 1. The quantitative estimate of drug-likeness (QED) is 0.488. The summed E-state index contributed by atoms with van der Waals surface area (Å²) in [6.07, 6.45) is -0.0911. The number of unbranched alkanes of at least 4 members (excludes halogenated alkanes) is 2. The molecule has 0 saturated heterocycles. The van der Waals surface area contributed by atoms with E-state index in [-0.39, 0.29) is 11.4 Å². The number of nitrogens with one attached hydrogen (secondary N) is 2. The van der Waals surface area contributed by atoms with Crippen molar-refractivity contribution in [3.63, 3.8) is 0 Å². The summed E-state index contributed by atoms with van der Waals surface area (Å²) in [7, 11) is -4.44. The Kier molecular flexibility index (Phi) is 10.1. The Bertz CT molecular complexity index is 759. The van der Waals surface area contributed by atoms with Gasteiger partial charge in [-0.3, -0.25) is 4.79 Å². The van der Waals surface area contributed by atoms with E-state index in [1.807, 2.05) is 6.92 Å².